The van der Waals surface area contributed by atoms with Crippen LogP contribution in [-0.4, -0.2) is 117 Å². The molecule has 2 bridgehead atoms. The number of piperazine rings is 1. The number of carbonyl (C=O) groups excluding carboxylic acids is 2. The lowest BCUT2D eigenvalue weighted by Gasteiger charge is -2.45. The van der Waals surface area contributed by atoms with Gasteiger partial charge in [-0.15, -0.1) is 5.10 Å². The van der Waals surface area contributed by atoms with Crippen LogP contribution in [0.2, 0.25) is 0 Å². The summed E-state index contributed by atoms with van der Waals surface area (Å²) in [5, 5.41) is 7.39. The third-order valence-electron chi connectivity index (χ3n) is 11.5. The molecule has 5 heterocycles. The van der Waals surface area contributed by atoms with Gasteiger partial charge < -0.3 is 25.8 Å². The van der Waals surface area contributed by atoms with Crippen LogP contribution in [0.15, 0.2) is 51.7 Å². The Morgan fingerprint density at radius 3 is 2.23 bits per heavy atom. The van der Waals surface area contributed by atoms with E-state index in [1.165, 1.54) is 23.6 Å². The SMILES string of the molecule is CN1C2CCC1CC(N1CCN(C(=O)[C@@H](Cc3cc(Br)c(N)c(C(F)(F)F)c3)NC(=O)N3CCC(n4nc(-c5ccccc5)[nH]c4=O)CC3)CC1)C2. The van der Waals surface area contributed by atoms with Gasteiger partial charge in [0.25, 0.3) is 0 Å². The van der Waals surface area contributed by atoms with Gasteiger partial charge in [0.15, 0.2) is 5.82 Å². The lowest BCUT2D eigenvalue weighted by atomic mass is 9.95. The number of nitrogens with two attached hydrogens (primary N) is 1. The van der Waals surface area contributed by atoms with Gasteiger partial charge in [-0.05, 0) is 79.2 Å². The monoisotopic (exact) mass is 787 g/mol. The van der Waals surface area contributed by atoms with Crippen molar-refractivity contribution in [2.24, 2.45) is 0 Å². The van der Waals surface area contributed by atoms with Crippen LogP contribution < -0.4 is 16.7 Å². The number of amides is 3. The van der Waals surface area contributed by atoms with Crippen LogP contribution in [0.25, 0.3) is 11.4 Å². The number of halogens is 4. The van der Waals surface area contributed by atoms with Gasteiger partial charge in [0.2, 0.25) is 5.91 Å². The Hall–Kier alpha value is -3.89. The summed E-state index contributed by atoms with van der Waals surface area (Å²) in [6.45, 7) is 2.97. The number of H-pyrrole nitrogens is 1. The standard InChI is InChI=1S/C36H45BrF3N9O3/c1-45-25-7-8-26(45)21-27(20-25)46-13-15-47(16-14-46)33(50)30(19-22-17-28(36(38,39)40)31(41)29(37)18-22)42-34(51)48-11-9-24(10-12-48)49-35(52)43-32(44-49)23-5-3-2-4-6-23/h2-6,17-18,24-27,30H,7-16,19-21,41H2,1H3,(H,42,51)(H,43,44,52)/t25?,26?,27?,30-/m1/s1. The third kappa shape index (κ3) is 7.60. The number of nitrogens with one attached hydrogen (secondary N) is 2. The zero-order chi connectivity index (χ0) is 36.7. The number of hydrogen-bond acceptors (Lipinski definition) is 7. The first-order chi connectivity index (χ1) is 24.9. The van der Waals surface area contributed by atoms with E-state index < -0.39 is 29.5 Å². The number of nitrogen functional groups attached to an aromatic ring is 1. The fourth-order valence-electron chi connectivity index (χ4n) is 8.53. The zero-order valence-corrected chi connectivity index (χ0v) is 30.7. The maximum Gasteiger partial charge on any atom is 0.418 e. The first kappa shape index (κ1) is 36.5. The molecule has 280 valence electrons. The normalized spacial score (nSPS) is 23.9. The summed E-state index contributed by atoms with van der Waals surface area (Å²) in [4.78, 5) is 51.7. The van der Waals surface area contributed by atoms with Crippen LogP contribution in [0.3, 0.4) is 0 Å². The molecule has 16 heteroatoms. The molecule has 0 saturated carbocycles. The third-order valence-corrected chi connectivity index (χ3v) is 12.2. The van der Waals surface area contributed by atoms with Gasteiger partial charge in [-0.2, -0.15) is 13.2 Å². The van der Waals surface area contributed by atoms with Crippen molar-refractivity contribution in [1.82, 2.24) is 39.7 Å². The Bertz CT molecular complexity index is 1810. The Labute approximate surface area is 308 Å². The summed E-state index contributed by atoms with van der Waals surface area (Å²) < 4.78 is 43.2. The lowest BCUT2D eigenvalue weighted by molar-refractivity contribution is -0.137. The van der Waals surface area contributed by atoms with E-state index in [9.17, 15) is 27.6 Å². The van der Waals surface area contributed by atoms with Crippen molar-refractivity contribution >= 4 is 33.6 Å². The number of likely N-dealkylation sites (tertiary alicyclic amines) is 1. The van der Waals surface area contributed by atoms with Crippen molar-refractivity contribution in [2.45, 2.75) is 81.3 Å². The molecule has 4 saturated heterocycles. The number of hydrogen-bond donors (Lipinski definition) is 3. The molecule has 2 aromatic carbocycles. The number of carbonyl (C=O) groups is 2. The lowest BCUT2D eigenvalue weighted by Crippen LogP contribution is -2.59. The van der Waals surface area contributed by atoms with E-state index in [1.807, 2.05) is 30.3 Å². The summed E-state index contributed by atoms with van der Waals surface area (Å²) in [5.74, 6) is 0.138. The largest absolute Gasteiger partial charge is 0.418 e. The smallest absolute Gasteiger partial charge is 0.397 e. The molecule has 7 rings (SSSR count). The molecule has 4 N–H and O–H groups in total. The molecule has 4 aliphatic rings. The summed E-state index contributed by atoms with van der Waals surface area (Å²) in [5.41, 5.74) is 5.01. The average Bonchev–Trinajstić information content (AvgIpc) is 3.60. The van der Waals surface area contributed by atoms with Gasteiger partial charge in [-0.25, -0.2) is 14.3 Å². The highest BCUT2D eigenvalue weighted by atomic mass is 79.9. The molecule has 52 heavy (non-hydrogen) atoms. The number of fused-ring (bicyclic) bond motifs is 2. The molecule has 0 radical (unpaired) electrons. The van der Waals surface area contributed by atoms with Gasteiger partial charge in [-0.3, -0.25) is 14.7 Å². The van der Waals surface area contributed by atoms with Crippen LogP contribution in [0.4, 0.5) is 23.7 Å². The Morgan fingerprint density at radius 2 is 1.60 bits per heavy atom. The number of aromatic amines is 1. The topological polar surface area (TPSA) is 136 Å². The van der Waals surface area contributed by atoms with Crippen LogP contribution in [0.1, 0.15) is 55.7 Å². The van der Waals surface area contributed by atoms with Crippen molar-refractivity contribution < 1.29 is 22.8 Å². The summed E-state index contributed by atoms with van der Waals surface area (Å²) in [6, 6.07) is 11.6. The van der Waals surface area contributed by atoms with E-state index in [0.717, 1.165) is 24.5 Å². The summed E-state index contributed by atoms with van der Waals surface area (Å²) in [7, 11) is 2.21. The molecule has 2 unspecified atom stereocenters. The second kappa shape index (κ2) is 14.9. The highest BCUT2D eigenvalue weighted by molar-refractivity contribution is 9.10. The highest BCUT2D eigenvalue weighted by Gasteiger charge is 2.42. The number of aromatic nitrogens is 3. The second-order valence-electron chi connectivity index (χ2n) is 14.6. The minimum atomic E-state index is -4.70. The number of anilines is 1. The van der Waals surface area contributed by atoms with E-state index in [-0.39, 0.29) is 34.1 Å². The average molecular weight is 789 g/mol. The summed E-state index contributed by atoms with van der Waals surface area (Å²) in [6.07, 6.45) is 0.771. The number of urea groups is 1. The van der Waals surface area contributed by atoms with E-state index in [1.54, 1.807) is 9.80 Å². The molecule has 1 aromatic heterocycles. The van der Waals surface area contributed by atoms with Crippen LogP contribution in [0.5, 0.6) is 0 Å². The van der Waals surface area contributed by atoms with Crippen LogP contribution in [-0.2, 0) is 17.4 Å². The Morgan fingerprint density at radius 1 is 0.942 bits per heavy atom. The van der Waals surface area contributed by atoms with E-state index in [4.69, 9.17) is 5.73 Å². The van der Waals surface area contributed by atoms with Crippen molar-refractivity contribution in [3.63, 3.8) is 0 Å². The highest BCUT2D eigenvalue weighted by Crippen LogP contribution is 2.39. The first-order valence-electron chi connectivity index (χ1n) is 18.0. The molecule has 3 atom stereocenters. The van der Waals surface area contributed by atoms with Crippen molar-refractivity contribution in [2.75, 3.05) is 52.0 Å². The number of piperidine rings is 2. The summed E-state index contributed by atoms with van der Waals surface area (Å²) >= 11 is 3.16. The molecule has 3 amide bonds. The van der Waals surface area contributed by atoms with Gasteiger partial charge in [0, 0.05) is 73.9 Å². The van der Waals surface area contributed by atoms with Gasteiger partial charge >= 0.3 is 17.9 Å². The van der Waals surface area contributed by atoms with E-state index in [2.05, 4.69) is 48.2 Å². The Kier molecular flexibility index (Phi) is 10.4. The number of rotatable bonds is 7. The molecule has 4 fully saturated rings. The maximum atomic E-state index is 14.1. The van der Waals surface area contributed by atoms with Gasteiger partial charge in [0.1, 0.15) is 6.04 Å². The predicted octanol–water partition coefficient (Wildman–Crippen LogP) is 4.33. The second-order valence-corrected chi connectivity index (χ2v) is 15.4. The number of benzene rings is 2. The van der Waals surface area contributed by atoms with Crippen LogP contribution in [0, 0.1) is 0 Å². The fourth-order valence-corrected chi connectivity index (χ4v) is 9.04. The fraction of sp³-hybridized carbons (Fsp3) is 0.556. The predicted molar refractivity (Wildman–Crippen MR) is 193 cm³/mol. The zero-order valence-electron chi connectivity index (χ0n) is 29.1. The Balaban J connectivity index is 1.03. The first-order valence-corrected chi connectivity index (χ1v) is 18.8. The van der Waals surface area contributed by atoms with Gasteiger partial charge in [-0.1, -0.05) is 30.3 Å². The molecule has 4 aliphatic heterocycles. The number of alkyl halides is 3. The quantitative estimate of drug-likeness (QED) is 0.304. The molecule has 3 aromatic rings. The minimum Gasteiger partial charge on any atom is -0.397 e. The minimum absolute atomic E-state index is 0.0710. The van der Waals surface area contributed by atoms with Crippen LogP contribution >= 0.6 is 15.9 Å². The van der Waals surface area contributed by atoms with Gasteiger partial charge in [0.05, 0.1) is 17.3 Å². The molecule has 0 spiro atoms. The molecule has 0 aliphatic carbocycles. The molecular formula is C36H45BrF3N9O3. The molecule has 12 nitrogen and oxygen atoms in total. The van der Waals surface area contributed by atoms with Crippen molar-refractivity contribution in [3.05, 3.63) is 68.5 Å². The molecular weight excluding hydrogens is 743 g/mol. The maximum absolute atomic E-state index is 14.1. The van der Waals surface area contributed by atoms with E-state index in [0.29, 0.717) is 76.1 Å². The van der Waals surface area contributed by atoms with Crippen molar-refractivity contribution in [1.29, 1.82) is 0 Å². The number of nitrogens with zero attached hydrogens (tertiary/aromatic N) is 6. The van der Waals surface area contributed by atoms with Crippen molar-refractivity contribution in [3.8, 4) is 11.4 Å². The van der Waals surface area contributed by atoms with E-state index >= 15 is 0 Å².